The maximum Gasteiger partial charge on any atom is 0.264 e. The van der Waals surface area contributed by atoms with Crippen LogP contribution in [-0.4, -0.2) is 77.4 Å². The summed E-state index contributed by atoms with van der Waals surface area (Å²) in [6.07, 6.45) is 4.19. The summed E-state index contributed by atoms with van der Waals surface area (Å²) in [7, 11) is -1.03. The van der Waals surface area contributed by atoms with Gasteiger partial charge in [-0.15, -0.1) is 5.10 Å². The Morgan fingerprint density at radius 1 is 1.37 bits per heavy atom. The Kier molecular flexibility index (Phi) is 7.20. The molecule has 11 nitrogen and oxygen atoms in total. The van der Waals surface area contributed by atoms with Gasteiger partial charge in [-0.05, 0) is 57.1 Å². The van der Waals surface area contributed by atoms with E-state index in [2.05, 4.69) is 20.9 Å². The van der Waals surface area contributed by atoms with Crippen LogP contribution in [0.5, 0.6) is 0 Å². The van der Waals surface area contributed by atoms with Crippen LogP contribution in [-0.2, 0) is 32.9 Å². The molecule has 0 aliphatic carbocycles. The predicted molar refractivity (Wildman–Crippen MR) is 144 cm³/mol. The Labute approximate surface area is 223 Å². The number of ether oxygens (including phenoxy) is 1. The summed E-state index contributed by atoms with van der Waals surface area (Å²) in [6, 6.07) is 5.33. The average molecular weight is 543 g/mol. The number of nitrogens with zero attached hydrogens (tertiary/aromatic N) is 4. The predicted octanol–water partition coefficient (Wildman–Crippen LogP) is 1.37. The van der Waals surface area contributed by atoms with Gasteiger partial charge >= 0.3 is 0 Å². The number of aliphatic hydroxyl groups is 1. The largest absolute Gasteiger partial charge is 0.432 e. The number of aryl methyl sites for hydroxylation is 1. The van der Waals surface area contributed by atoms with E-state index in [1.165, 1.54) is 0 Å². The molecule has 2 fully saturated rings. The zero-order valence-electron chi connectivity index (χ0n) is 22.5. The lowest BCUT2D eigenvalue weighted by Crippen LogP contribution is -2.45. The molecule has 0 radical (unpaired) electrons. The minimum absolute atomic E-state index is 0.00545. The number of rotatable bonds is 8. The number of anilines is 2. The molecule has 4 N–H and O–H groups in total. The molecular weight excluding hydrogens is 504 g/mol. The SMILES string of the molecule is C[C@H]1[C@H]([Si](C)(C)O)[C@@H](CCn2cc(CCO)nn2)O[C@]12C(=O)N(C)c1ccc(NC(=O)[C@H]3CCCN3)cc12. The van der Waals surface area contributed by atoms with Crippen LogP contribution in [0.15, 0.2) is 24.4 Å². The summed E-state index contributed by atoms with van der Waals surface area (Å²) in [6.45, 7) is 7.14. The summed E-state index contributed by atoms with van der Waals surface area (Å²) in [4.78, 5) is 39.7. The fourth-order valence-corrected chi connectivity index (χ4v) is 9.21. The molecule has 5 rings (SSSR count). The van der Waals surface area contributed by atoms with Gasteiger partial charge in [0.2, 0.25) is 5.91 Å². The van der Waals surface area contributed by atoms with E-state index in [-0.39, 0.29) is 42.0 Å². The van der Waals surface area contributed by atoms with Crippen molar-refractivity contribution in [1.29, 1.82) is 0 Å². The van der Waals surface area contributed by atoms with Gasteiger partial charge in [-0.2, -0.15) is 0 Å². The number of likely N-dealkylation sites (N-methyl/N-ethyl adjacent to an activating group) is 1. The van der Waals surface area contributed by atoms with Gasteiger partial charge in [-0.25, -0.2) is 0 Å². The van der Waals surface area contributed by atoms with Crippen LogP contribution in [0.2, 0.25) is 18.6 Å². The van der Waals surface area contributed by atoms with Gasteiger partial charge in [0.05, 0.1) is 23.5 Å². The maximum absolute atomic E-state index is 13.9. The molecule has 0 unspecified atom stereocenters. The van der Waals surface area contributed by atoms with Gasteiger partial charge in [0.1, 0.15) is 0 Å². The first kappa shape index (κ1) is 26.9. The standard InChI is InChI=1S/C26H38N6O5Si/c1-16-23(38(3,4)36)22(9-12-32-15-18(10-13-33)29-30-32)37-26(16)19-14-17(7-8-21(19)31(2)25(26)35)28-24(34)20-6-5-11-27-20/h7-8,14-16,20,22-23,27,33,36H,5-6,9-13H2,1-4H3,(H,28,34)/t16-,20+,22+,23-,26+/m0/s1. The molecule has 206 valence electrons. The number of fused-ring (bicyclic) bond motifs is 2. The fourth-order valence-electron chi connectivity index (χ4n) is 6.61. The molecule has 2 aromatic rings. The fraction of sp³-hybridized carbons (Fsp3) is 0.615. The third-order valence-electron chi connectivity index (χ3n) is 8.35. The number of aliphatic hydroxyl groups excluding tert-OH is 1. The second-order valence-corrected chi connectivity index (χ2v) is 15.3. The third kappa shape index (κ3) is 4.58. The molecule has 3 aliphatic heterocycles. The first-order valence-corrected chi connectivity index (χ1v) is 16.5. The number of carbonyl (C=O) groups is 2. The van der Waals surface area contributed by atoms with Crippen molar-refractivity contribution in [3.63, 3.8) is 0 Å². The third-order valence-corrected chi connectivity index (χ3v) is 10.9. The quantitative estimate of drug-likeness (QED) is 0.367. The Hall–Kier alpha value is -2.64. The molecule has 5 atom stereocenters. The van der Waals surface area contributed by atoms with E-state index in [0.717, 1.165) is 30.6 Å². The molecular formula is C26H38N6O5Si. The van der Waals surface area contributed by atoms with E-state index in [1.807, 2.05) is 38.2 Å². The lowest BCUT2D eigenvalue weighted by molar-refractivity contribution is -0.145. The molecule has 3 aliphatic rings. The number of carbonyl (C=O) groups excluding carboxylic acids is 2. The van der Waals surface area contributed by atoms with Gasteiger partial charge in [-0.1, -0.05) is 12.1 Å². The van der Waals surface area contributed by atoms with Crippen LogP contribution in [0.1, 0.15) is 37.4 Å². The molecule has 12 heteroatoms. The maximum atomic E-state index is 13.9. The van der Waals surface area contributed by atoms with E-state index >= 15 is 0 Å². The molecule has 38 heavy (non-hydrogen) atoms. The average Bonchev–Trinajstić information content (AvgIpc) is 3.64. The highest BCUT2D eigenvalue weighted by atomic mass is 28.4. The Morgan fingerprint density at radius 2 is 2.16 bits per heavy atom. The summed E-state index contributed by atoms with van der Waals surface area (Å²) in [5.74, 6) is -0.515. The summed E-state index contributed by atoms with van der Waals surface area (Å²) < 4.78 is 8.48. The minimum atomic E-state index is -2.77. The summed E-state index contributed by atoms with van der Waals surface area (Å²) in [5, 5.41) is 23.6. The van der Waals surface area contributed by atoms with E-state index in [1.54, 1.807) is 22.8 Å². The normalized spacial score (nSPS) is 28.9. The van der Waals surface area contributed by atoms with Gasteiger partial charge in [0.25, 0.3) is 5.91 Å². The topological polar surface area (TPSA) is 142 Å². The van der Waals surface area contributed by atoms with Crippen molar-refractivity contribution >= 4 is 31.5 Å². The van der Waals surface area contributed by atoms with Crippen molar-refractivity contribution in [2.75, 3.05) is 30.4 Å². The zero-order chi connectivity index (χ0) is 27.2. The second kappa shape index (κ2) is 10.2. The van der Waals surface area contributed by atoms with Crippen LogP contribution in [0.3, 0.4) is 0 Å². The molecule has 4 heterocycles. The van der Waals surface area contributed by atoms with Gasteiger partial charge in [0, 0.05) is 55.5 Å². The lowest BCUT2D eigenvalue weighted by atomic mass is 9.82. The molecule has 2 amide bonds. The highest BCUT2D eigenvalue weighted by molar-refractivity contribution is 6.71. The Balaban J connectivity index is 1.45. The minimum Gasteiger partial charge on any atom is -0.432 e. The summed E-state index contributed by atoms with van der Waals surface area (Å²) >= 11 is 0. The van der Waals surface area contributed by atoms with Gasteiger partial charge in [0.15, 0.2) is 13.9 Å². The van der Waals surface area contributed by atoms with Crippen molar-refractivity contribution in [3.05, 3.63) is 35.7 Å². The van der Waals surface area contributed by atoms with Crippen LogP contribution < -0.4 is 15.5 Å². The van der Waals surface area contributed by atoms with Crippen molar-refractivity contribution in [2.45, 2.75) is 75.5 Å². The first-order chi connectivity index (χ1) is 18.1. The van der Waals surface area contributed by atoms with E-state index in [9.17, 15) is 14.4 Å². The van der Waals surface area contributed by atoms with Crippen LogP contribution in [0.25, 0.3) is 0 Å². The number of hydrogen-bond acceptors (Lipinski definition) is 8. The van der Waals surface area contributed by atoms with E-state index in [0.29, 0.717) is 30.8 Å². The van der Waals surface area contributed by atoms with E-state index in [4.69, 9.17) is 9.84 Å². The van der Waals surface area contributed by atoms with Crippen molar-refractivity contribution < 1.29 is 24.2 Å². The Morgan fingerprint density at radius 3 is 2.84 bits per heavy atom. The lowest BCUT2D eigenvalue weighted by Gasteiger charge is -2.32. The van der Waals surface area contributed by atoms with Crippen molar-refractivity contribution in [2.24, 2.45) is 5.92 Å². The zero-order valence-corrected chi connectivity index (χ0v) is 23.5. The number of benzene rings is 1. The van der Waals surface area contributed by atoms with Crippen molar-refractivity contribution in [1.82, 2.24) is 20.3 Å². The number of amides is 2. The molecule has 0 bridgehead atoms. The van der Waals surface area contributed by atoms with Crippen LogP contribution in [0.4, 0.5) is 11.4 Å². The molecule has 1 aromatic carbocycles. The van der Waals surface area contributed by atoms with Crippen LogP contribution >= 0.6 is 0 Å². The molecule has 1 spiro atoms. The highest BCUT2D eigenvalue weighted by Gasteiger charge is 2.65. The monoisotopic (exact) mass is 542 g/mol. The van der Waals surface area contributed by atoms with Crippen molar-refractivity contribution in [3.8, 4) is 0 Å². The number of aromatic nitrogens is 3. The van der Waals surface area contributed by atoms with Crippen LogP contribution in [0, 0.1) is 5.92 Å². The first-order valence-electron chi connectivity index (χ1n) is 13.4. The smallest absolute Gasteiger partial charge is 0.264 e. The molecule has 1 aromatic heterocycles. The summed E-state index contributed by atoms with van der Waals surface area (Å²) in [5.41, 5.74) is 1.37. The Bertz CT molecular complexity index is 1210. The molecule has 0 saturated carbocycles. The highest BCUT2D eigenvalue weighted by Crippen LogP contribution is 2.59. The second-order valence-electron chi connectivity index (χ2n) is 11.3. The number of hydrogen-bond donors (Lipinski definition) is 4. The van der Waals surface area contributed by atoms with E-state index < -0.39 is 13.9 Å². The molecule has 2 saturated heterocycles. The van der Waals surface area contributed by atoms with Gasteiger partial charge < -0.3 is 30.2 Å². The number of nitrogens with one attached hydrogen (secondary N) is 2. The van der Waals surface area contributed by atoms with Gasteiger partial charge in [-0.3, -0.25) is 14.3 Å².